The molecule has 0 amide bonds. The zero-order chi connectivity index (χ0) is 10.3. The molecule has 1 fully saturated rings. The minimum atomic E-state index is -2.73. The largest absolute Gasteiger partial charge is 0.382 e. The summed E-state index contributed by atoms with van der Waals surface area (Å²) in [5, 5.41) is 4.08. The molecule has 0 saturated carbocycles. The molecule has 78 valence electrons. The first kappa shape index (κ1) is 9.51. The van der Waals surface area contributed by atoms with Crippen molar-refractivity contribution < 1.29 is 8.42 Å². The lowest BCUT2D eigenvalue weighted by Gasteiger charge is -2.25. The van der Waals surface area contributed by atoms with Gasteiger partial charge in [-0.25, -0.2) is 8.42 Å². The average Bonchev–Trinajstić information content (AvgIpc) is 2.27. The van der Waals surface area contributed by atoms with Crippen molar-refractivity contribution in [3.8, 4) is 0 Å². The van der Waals surface area contributed by atoms with Crippen molar-refractivity contribution in [2.45, 2.75) is 13.5 Å². The predicted molar refractivity (Wildman–Crippen MR) is 53.5 cm³/mol. The normalized spacial score (nSPS) is 20.6. The standard InChI is InChI=1S/C8H13N3O2S/c1-6-2-11(10-8(6)9)3-7-4-14(12,13)5-7/h2,7H,3-5H2,1H3,(H2,9,10). The van der Waals surface area contributed by atoms with Gasteiger partial charge in [-0.1, -0.05) is 0 Å². The van der Waals surface area contributed by atoms with Gasteiger partial charge in [0, 0.05) is 24.2 Å². The Bertz CT molecular complexity index is 418. The molecule has 0 spiro atoms. The zero-order valence-electron chi connectivity index (χ0n) is 7.97. The van der Waals surface area contributed by atoms with Gasteiger partial charge in [0.05, 0.1) is 11.5 Å². The van der Waals surface area contributed by atoms with Gasteiger partial charge >= 0.3 is 0 Å². The number of sulfone groups is 1. The molecule has 6 heteroatoms. The van der Waals surface area contributed by atoms with Crippen LogP contribution in [0.2, 0.25) is 0 Å². The van der Waals surface area contributed by atoms with Gasteiger partial charge in [0.25, 0.3) is 0 Å². The summed E-state index contributed by atoms with van der Waals surface area (Å²) in [6.45, 7) is 2.54. The Hall–Kier alpha value is -1.04. The van der Waals surface area contributed by atoms with Gasteiger partial charge in [-0.3, -0.25) is 4.68 Å². The van der Waals surface area contributed by atoms with Crippen LogP contribution in [0, 0.1) is 12.8 Å². The molecule has 0 unspecified atom stereocenters. The van der Waals surface area contributed by atoms with Crippen molar-refractivity contribution in [2.75, 3.05) is 17.2 Å². The van der Waals surface area contributed by atoms with Crippen LogP contribution >= 0.6 is 0 Å². The van der Waals surface area contributed by atoms with E-state index in [9.17, 15) is 8.42 Å². The second kappa shape index (κ2) is 2.98. The highest BCUT2D eigenvalue weighted by atomic mass is 32.2. The lowest BCUT2D eigenvalue weighted by atomic mass is 10.2. The number of hydrogen-bond donors (Lipinski definition) is 1. The van der Waals surface area contributed by atoms with Crippen LogP contribution in [0.5, 0.6) is 0 Å². The van der Waals surface area contributed by atoms with Gasteiger partial charge in [0.1, 0.15) is 5.82 Å². The first-order chi connectivity index (χ1) is 6.46. The Morgan fingerprint density at radius 2 is 2.29 bits per heavy atom. The van der Waals surface area contributed by atoms with Crippen LogP contribution in [0.1, 0.15) is 5.56 Å². The molecule has 2 N–H and O–H groups in total. The summed E-state index contributed by atoms with van der Waals surface area (Å²) >= 11 is 0. The Morgan fingerprint density at radius 3 is 2.71 bits per heavy atom. The van der Waals surface area contributed by atoms with Gasteiger partial charge in [-0.05, 0) is 6.92 Å². The molecule has 1 aromatic heterocycles. The van der Waals surface area contributed by atoms with Crippen LogP contribution in [0.15, 0.2) is 6.20 Å². The number of anilines is 1. The van der Waals surface area contributed by atoms with Crippen molar-refractivity contribution >= 4 is 15.7 Å². The van der Waals surface area contributed by atoms with E-state index in [1.165, 1.54) is 0 Å². The minimum absolute atomic E-state index is 0.207. The number of nitrogen functional groups attached to an aromatic ring is 1. The van der Waals surface area contributed by atoms with Crippen molar-refractivity contribution in [3.05, 3.63) is 11.8 Å². The highest BCUT2D eigenvalue weighted by Gasteiger charge is 2.33. The van der Waals surface area contributed by atoms with E-state index in [0.29, 0.717) is 12.4 Å². The lowest BCUT2D eigenvalue weighted by Crippen LogP contribution is -2.39. The summed E-state index contributed by atoms with van der Waals surface area (Å²) in [6, 6.07) is 0. The van der Waals surface area contributed by atoms with Gasteiger partial charge in [-0.15, -0.1) is 0 Å². The van der Waals surface area contributed by atoms with Crippen LogP contribution in [0.3, 0.4) is 0 Å². The molecule has 2 heterocycles. The summed E-state index contributed by atoms with van der Waals surface area (Å²) in [5.41, 5.74) is 6.52. The van der Waals surface area contributed by atoms with Crippen molar-refractivity contribution in [2.24, 2.45) is 5.92 Å². The lowest BCUT2D eigenvalue weighted by molar-refractivity contribution is 0.443. The predicted octanol–water partition coefficient (Wildman–Crippen LogP) is -0.182. The van der Waals surface area contributed by atoms with Crippen molar-refractivity contribution in [1.82, 2.24) is 9.78 Å². The van der Waals surface area contributed by atoms with Gasteiger partial charge in [-0.2, -0.15) is 5.10 Å². The van der Waals surface area contributed by atoms with E-state index in [2.05, 4.69) is 5.10 Å². The van der Waals surface area contributed by atoms with E-state index in [1.54, 1.807) is 4.68 Å². The number of aromatic nitrogens is 2. The SMILES string of the molecule is Cc1cn(CC2CS(=O)(=O)C2)nc1N. The molecule has 0 aromatic carbocycles. The van der Waals surface area contributed by atoms with Gasteiger partial charge < -0.3 is 5.73 Å². The topological polar surface area (TPSA) is 78.0 Å². The maximum atomic E-state index is 10.9. The Morgan fingerprint density at radius 1 is 1.64 bits per heavy atom. The zero-order valence-corrected chi connectivity index (χ0v) is 8.79. The van der Waals surface area contributed by atoms with Gasteiger partial charge in [0.2, 0.25) is 0 Å². The van der Waals surface area contributed by atoms with E-state index in [-0.39, 0.29) is 17.4 Å². The summed E-state index contributed by atoms with van der Waals surface area (Å²) < 4.78 is 23.5. The minimum Gasteiger partial charge on any atom is -0.382 e. The fourth-order valence-electron chi connectivity index (χ4n) is 1.67. The Labute approximate surface area is 82.8 Å². The Kier molecular flexibility index (Phi) is 2.02. The molecule has 0 radical (unpaired) electrons. The highest BCUT2D eigenvalue weighted by Crippen LogP contribution is 2.20. The maximum absolute atomic E-state index is 10.9. The third-order valence-corrected chi connectivity index (χ3v) is 4.37. The summed E-state index contributed by atoms with van der Waals surface area (Å²) in [6.07, 6.45) is 1.85. The van der Waals surface area contributed by atoms with Crippen molar-refractivity contribution in [1.29, 1.82) is 0 Å². The fraction of sp³-hybridized carbons (Fsp3) is 0.625. The quantitative estimate of drug-likeness (QED) is 0.742. The van der Waals surface area contributed by atoms with Gasteiger partial charge in [0.15, 0.2) is 9.84 Å². The number of aryl methyl sites for hydroxylation is 1. The molecule has 14 heavy (non-hydrogen) atoms. The maximum Gasteiger partial charge on any atom is 0.151 e. The van der Waals surface area contributed by atoms with Crippen LogP contribution in [-0.2, 0) is 16.4 Å². The smallest absolute Gasteiger partial charge is 0.151 e. The second-order valence-corrected chi connectivity index (χ2v) is 6.02. The molecule has 0 aliphatic carbocycles. The van der Waals surface area contributed by atoms with Crippen LogP contribution < -0.4 is 5.73 Å². The Balaban J connectivity index is 2.00. The molecular formula is C8H13N3O2S. The monoisotopic (exact) mass is 215 g/mol. The second-order valence-electron chi connectivity index (χ2n) is 3.86. The van der Waals surface area contributed by atoms with E-state index in [0.717, 1.165) is 5.56 Å². The van der Waals surface area contributed by atoms with Crippen LogP contribution in [0.4, 0.5) is 5.82 Å². The molecule has 1 aliphatic rings. The number of nitrogens with two attached hydrogens (primary N) is 1. The molecule has 5 nitrogen and oxygen atoms in total. The highest BCUT2D eigenvalue weighted by molar-refractivity contribution is 7.92. The molecule has 1 saturated heterocycles. The van der Waals surface area contributed by atoms with E-state index in [4.69, 9.17) is 5.73 Å². The average molecular weight is 215 g/mol. The first-order valence-electron chi connectivity index (χ1n) is 4.46. The molecule has 0 bridgehead atoms. The molecule has 0 atom stereocenters. The van der Waals surface area contributed by atoms with Crippen LogP contribution in [-0.4, -0.2) is 29.7 Å². The third-order valence-electron chi connectivity index (χ3n) is 2.41. The molecular weight excluding hydrogens is 202 g/mol. The van der Waals surface area contributed by atoms with Crippen LogP contribution in [0.25, 0.3) is 0 Å². The van der Waals surface area contributed by atoms with E-state index < -0.39 is 9.84 Å². The van der Waals surface area contributed by atoms with E-state index >= 15 is 0 Å². The molecule has 2 rings (SSSR count). The summed E-state index contributed by atoms with van der Waals surface area (Å²) in [4.78, 5) is 0. The number of rotatable bonds is 2. The third kappa shape index (κ3) is 1.75. The number of nitrogens with zero attached hydrogens (tertiary/aromatic N) is 2. The summed E-state index contributed by atoms with van der Waals surface area (Å²) in [7, 11) is -2.73. The molecule has 1 aromatic rings. The number of hydrogen-bond acceptors (Lipinski definition) is 4. The first-order valence-corrected chi connectivity index (χ1v) is 6.28. The van der Waals surface area contributed by atoms with Crippen molar-refractivity contribution in [3.63, 3.8) is 0 Å². The van der Waals surface area contributed by atoms with E-state index in [1.807, 2.05) is 13.1 Å². The summed E-state index contributed by atoms with van der Waals surface area (Å²) in [5.74, 6) is 1.29. The fourth-order valence-corrected chi connectivity index (χ4v) is 3.22. The molecule has 1 aliphatic heterocycles.